The van der Waals surface area contributed by atoms with Crippen LogP contribution in [-0.2, 0) is 4.74 Å². The van der Waals surface area contributed by atoms with Gasteiger partial charge in [-0.05, 0) is 47.7 Å². The van der Waals surface area contributed by atoms with E-state index in [1.807, 2.05) is 0 Å². The highest BCUT2D eigenvalue weighted by Gasteiger charge is 2.53. The van der Waals surface area contributed by atoms with Gasteiger partial charge >= 0.3 is 0 Å². The Morgan fingerprint density at radius 1 is 1.17 bits per heavy atom. The van der Waals surface area contributed by atoms with E-state index in [0.29, 0.717) is 5.41 Å². The van der Waals surface area contributed by atoms with Gasteiger partial charge in [0.25, 0.3) is 0 Å². The van der Waals surface area contributed by atoms with Crippen molar-refractivity contribution in [3.63, 3.8) is 0 Å². The van der Waals surface area contributed by atoms with E-state index in [2.05, 4.69) is 63.8 Å². The Hall–Kier alpha value is -0.0800. The fraction of sp³-hybridized carbons (Fsp3) is 0.944. The zero-order valence-corrected chi connectivity index (χ0v) is 18.9. The Balaban J connectivity index is 0.00000288. The average molecular weight is 452 g/mol. The molecule has 0 unspecified atom stereocenters. The summed E-state index contributed by atoms with van der Waals surface area (Å²) in [5.74, 6) is 1.06. The first-order valence-corrected chi connectivity index (χ1v) is 8.97. The highest BCUT2D eigenvalue weighted by atomic mass is 127. The number of nitrogens with one attached hydrogen (secondary N) is 1. The van der Waals surface area contributed by atoms with E-state index in [1.54, 1.807) is 0 Å². The maximum absolute atomic E-state index is 5.57. The third-order valence-corrected chi connectivity index (χ3v) is 6.37. The molecule has 24 heavy (non-hydrogen) atoms. The number of nitrogens with zero attached hydrogens (tertiary/aromatic N) is 3. The average Bonchev–Trinajstić information content (AvgIpc) is 2.50. The number of likely N-dealkylation sites (tertiary alicyclic amines) is 1. The van der Waals surface area contributed by atoms with Gasteiger partial charge in [-0.25, -0.2) is 0 Å². The second-order valence-electron chi connectivity index (χ2n) is 8.43. The number of hydrogen-bond acceptors (Lipinski definition) is 3. The quantitative estimate of drug-likeness (QED) is 0.405. The topological polar surface area (TPSA) is 40.1 Å². The van der Waals surface area contributed by atoms with Crippen LogP contribution < -0.4 is 5.32 Å². The van der Waals surface area contributed by atoms with E-state index in [9.17, 15) is 0 Å². The molecule has 6 heteroatoms. The van der Waals surface area contributed by atoms with Crippen LogP contribution in [0.15, 0.2) is 4.99 Å². The summed E-state index contributed by atoms with van der Waals surface area (Å²) >= 11 is 0. The summed E-state index contributed by atoms with van der Waals surface area (Å²) in [5.41, 5.74) is 0.583. The lowest BCUT2D eigenvalue weighted by Gasteiger charge is -2.62. The molecule has 0 atom stereocenters. The van der Waals surface area contributed by atoms with Crippen LogP contribution in [0.25, 0.3) is 0 Å². The second kappa shape index (κ2) is 8.08. The minimum Gasteiger partial charge on any atom is -0.381 e. The minimum atomic E-state index is 0. The van der Waals surface area contributed by atoms with E-state index in [0.717, 1.165) is 51.6 Å². The highest BCUT2D eigenvalue weighted by Crippen LogP contribution is 2.46. The molecule has 2 aliphatic heterocycles. The molecule has 0 amide bonds. The Bertz CT molecular complexity index is 442. The number of rotatable bonds is 4. The fourth-order valence-corrected chi connectivity index (χ4v) is 3.52. The summed E-state index contributed by atoms with van der Waals surface area (Å²) in [5, 5.41) is 3.50. The highest BCUT2D eigenvalue weighted by molar-refractivity contribution is 14.0. The van der Waals surface area contributed by atoms with Gasteiger partial charge in [0.2, 0.25) is 0 Å². The molecule has 2 rings (SSSR count). The van der Waals surface area contributed by atoms with Crippen LogP contribution in [-0.4, -0.2) is 73.8 Å². The smallest absolute Gasteiger partial charge is 0.194 e. The molecule has 0 bridgehead atoms. The third-order valence-electron chi connectivity index (χ3n) is 6.37. The molecule has 2 aliphatic rings. The van der Waals surface area contributed by atoms with Gasteiger partial charge in [0.15, 0.2) is 5.96 Å². The molecule has 0 radical (unpaired) electrons. The largest absolute Gasteiger partial charge is 0.381 e. The molecule has 2 heterocycles. The molecule has 0 aromatic carbocycles. The molecule has 0 aromatic heterocycles. The van der Waals surface area contributed by atoms with Crippen LogP contribution in [0.4, 0.5) is 0 Å². The monoisotopic (exact) mass is 452 g/mol. The lowest BCUT2D eigenvalue weighted by atomic mass is 9.65. The van der Waals surface area contributed by atoms with Gasteiger partial charge in [-0.15, -0.1) is 24.0 Å². The van der Waals surface area contributed by atoms with E-state index >= 15 is 0 Å². The van der Waals surface area contributed by atoms with Gasteiger partial charge in [0.05, 0.1) is 6.54 Å². The molecule has 2 fully saturated rings. The van der Waals surface area contributed by atoms with E-state index < -0.39 is 0 Å². The van der Waals surface area contributed by atoms with Crippen molar-refractivity contribution in [2.45, 2.75) is 58.5 Å². The van der Waals surface area contributed by atoms with Gasteiger partial charge in [-0.1, -0.05) is 13.8 Å². The van der Waals surface area contributed by atoms with Crippen molar-refractivity contribution in [3.05, 3.63) is 0 Å². The van der Waals surface area contributed by atoms with Crippen molar-refractivity contribution >= 4 is 29.9 Å². The predicted molar refractivity (Wildman–Crippen MR) is 112 cm³/mol. The summed E-state index contributed by atoms with van der Waals surface area (Å²) in [6, 6.07) is 0. The molecule has 0 aromatic rings. The van der Waals surface area contributed by atoms with Crippen molar-refractivity contribution in [3.8, 4) is 0 Å². The van der Waals surface area contributed by atoms with E-state index in [4.69, 9.17) is 9.73 Å². The first kappa shape index (κ1) is 22.0. The number of hydrogen-bond donors (Lipinski definition) is 1. The second-order valence-corrected chi connectivity index (χ2v) is 8.43. The molecule has 0 aliphatic carbocycles. The van der Waals surface area contributed by atoms with Crippen LogP contribution in [0.2, 0.25) is 0 Å². The van der Waals surface area contributed by atoms with Gasteiger partial charge in [0, 0.05) is 42.8 Å². The standard InChI is InChI=1S/C18H36N4O.HI/c1-8-19-15(22-14-16(2,3)17(22,4)5)20-13-18(21(6)7)9-11-23-12-10-18;/h8-14H2,1-7H3,(H,19,20);1H. The van der Waals surface area contributed by atoms with E-state index in [1.165, 1.54) is 0 Å². The Labute approximate surface area is 165 Å². The third kappa shape index (κ3) is 4.01. The van der Waals surface area contributed by atoms with E-state index in [-0.39, 0.29) is 35.1 Å². The first-order chi connectivity index (χ1) is 10.7. The zero-order chi connectivity index (χ0) is 17.3. The molecule has 5 nitrogen and oxygen atoms in total. The fourth-order valence-electron chi connectivity index (χ4n) is 3.52. The van der Waals surface area contributed by atoms with Crippen molar-refractivity contribution in [2.75, 3.05) is 46.9 Å². The summed E-state index contributed by atoms with van der Waals surface area (Å²) < 4.78 is 5.57. The number of ether oxygens (including phenoxy) is 1. The molecule has 0 saturated carbocycles. The summed E-state index contributed by atoms with van der Waals surface area (Å²) in [6.45, 7) is 15.9. The van der Waals surface area contributed by atoms with Gasteiger partial charge in [-0.2, -0.15) is 0 Å². The van der Waals surface area contributed by atoms with Crippen LogP contribution >= 0.6 is 24.0 Å². The summed E-state index contributed by atoms with van der Waals surface area (Å²) in [7, 11) is 4.34. The van der Waals surface area contributed by atoms with Crippen LogP contribution in [0.1, 0.15) is 47.5 Å². The number of guanidine groups is 1. The molecule has 0 spiro atoms. The lowest BCUT2D eigenvalue weighted by Crippen LogP contribution is -2.72. The Morgan fingerprint density at radius 2 is 1.75 bits per heavy atom. The Kier molecular flexibility index (Phi) is 7.39. The van der Waals surface area contributed by atoms with Crippen LogP contribution in [0, 0.1) is 5.41 Å². The van der Waals surface area contributed by atoms with Crippen LogP contribution in [0.5, 0.6) is 0 Å². The molecule has 1 N–H and O–H groups in total. The van der Waals surface area contributed by atoms with Gasteiger partial charge in [0.1, 0.15) is 0 Å². The predicted octanol–water partition coefficient (Wildman–Crippen LogP) is 2.80. The van der Waals surface area contributed by atoms with Gasteiger partial charge in [-0.3, -0.25) is 4.99 Å². The maximum Gasteiger partial charge on any atom is 0.194 e. The molecule has 2 saturated heterocycles. The molecule has 142 valence electrons. The van der Waals surface area contributed by atoms with Crippen molar-refractivity contribution in [1.29, 1.82) is 0 Å². The Morgan fingerprint density at radius 3 is 2.17 bits per heavy atom. The molecular formula is C18H37IN4O. The normalized spacial score (nSPS) is 25.0. The number of aliphatic imine (C=N–C) groups is 1. The van der Waals surface area contributed by atoms with Crippen molar-refractivity contribution in [2.24, 2.45) is 10.4 Å². The zero-order valence-electron chi connectivity index (χ0n) is 16.6. The van der Waals surface area contributed by atoms with Crippen LogP contribution in [0.3, 0.4) is 0 Å². The summed E-state index contributed by atoms with van der Waals surface area (Å²) in [6.07, 6.45) is 2.11. The van der Waals surface area contributed by atoms with Crippen molar-refractivity contribution < 1.29 is 4.74 Å². The van der Waals surface area contributed by atoms with Gasteiger partial charge < -0.3 is 19.9 Å². The number of likely N-dealkylation sites (N-methyl/N-ethyl adjacent to an activating group) is 1. The van der Waals surface area contributed by atoms with Crippen molar-refractivity contribution in [1.82, 2.24) is 15.1 Å². The first-order valence-electron chi connectivity index (χ1n) is 8.97. The number of halogens is 1. The maximum atomic E-state index is 5.57. The SMILES string of the molecule is CCNC(=NCC1(N(C)C)CCOCC1)N1CC(C)(C)C1(C)C.I. The minimum absolute atomic E-state index is 0. The lowest BCUT2D eigenvalue weighted by molar-refractivity contribution is -0.0671. The molecular weight excluding hydrogens is 415 g/mol. The summed E-state index contributed by atoms with van der Waals surface area (Å²) in [4.78, 5) is 9.82.